The standard InChI is InChI=1S/C4H10O8S4/c5-13(1-3-15(7,8)9)14(6)2-4-16(10,11)12/h1-4H2,(H,7,8,9)(H,10,11,12). The predicted octanol–water partition coefficient (Wildman–Crippen LogP) is -1.83. The minimum absolute atomic E-state index is 0.559. The number of hydrogen-bond donors (Lipinski definition) is 2. The second-order valence-corrected chi connectivity index (χ2v) is 9.99. The largest absolute Gasteiger partial charge is 0.286 e. The molecule has 0 heterocycles. The summed E-state index contributed by atoms with van der Waals surface area (Å²) in [5, 5.41) is 0. The van der Waals surface area contributed by atoms with Gasteiger partial charge < -0.3 is 0 Å². The fraction of sp³-hybridized carbons (Fsp3) is 1.00. The van der Waals surface area contributed by atoms with Crippen LogP contribution in [0.1, 0.15) is 0 Å². The maximum absolute atomic E-state index is 11.1. The summed E-state index contributed by atoms with van der Waals surface area (Å²) in [6.07, 6.45) is 0. The molecule has 16 heavy (non-hydrogen) atoms. The lowest BCUT2D eigenvalue weighted by Gasteiger charge is -2.00. The molecular weight excluding hydrogens is 304 g/mol. The highest BCUT2D eigenvalue weighted by atomic mass is 33.1. The van der Waals surface area contributed by atoms with Crippen molar-refractivity contribution in [1.82, 2.24) is 0 Å². The van der Waals surface area contributed by atoms with E-state index in [1.54, 1.807) is 0 Å². The Hall–Kier alpha value is 0.120. The van der Waals surface area contributed by atoms with Crippen LogP contribution in [0.5, 0.6) is 0 Å². The second-order valence-electron chi connectivity index (χ2n) is 2.59. The molecule has 0 spiro atoms. The van der Waals surface area contributed by atoms with Gasteiger partial charge in [0, 0.05) is 0 Å². The van der Waals surface area contributed by atoms with Crippen molar-refractivity contribution in [3.8, 4) is 0 Å². The average Bonchev–Trinajstić information content (AvgIpc) is 2.07. The van der Waals surface area contributed by atoms with Crippen LogP contribution in [0.3, 0.4) is 0 Å². The van der Waals surface area contributed by atoms with E-state index in [2.05, 4.69) is 0 Å². The Kier molecular flexibility index (Phi) is 6.21. The van der Waals surface area contributed by atoms with E-state index in [-0.39, 0.29) is 0 Å². The SMILES string of the molecule is O=S(CCS(=O)(=O)O)S(=O)CCS(=O)(=O)O. The molecule has 0 amide bonds. The monoisotopic (exact) mass is 314 g/mol. The van der Waals surface area contributed by atoms with Crippen LogP contribution >= 0.6 is 0 Å². The Morgan fingerprint density at radius 1 is 0.750 bits per heavy atom. The maximum atomic E-state index is 11.1. The van der Waals surface area contributed by atoms with Crippen LogP contribution in [0.25, 0.3) is 0 Å². The third-order valence-corrected chi connectivity index (χ3v) is 6.91. The highest BCUT2D eigenvalue weighted by Gasteiger charge is 2.16. The quantitative estimate of drug-likeness (QED) is 0.413. The molecule has 0 aliphatic rings. The lowest BCUT2D eigenvalue weighted by atomic mass is 11.0. The van der Waals surface area contributed by atoms with Gasteiger partial charge in [0.1, 0.15) is 19.7 Å². The van der Waals surface area contributed by atoms with Gasteiger partial charge in [-0.3, -0.25) is 9.11 Å². The molecule has 0 saturated carbocycles. The lowest BCUT2D eigenvalue weighted by Crippen LogP contribution is -2.19. The van der Waals surface area contributed by atoms with Gasteiger partial charge in [0.05, 0.1) is 23.0 Å². The van der Waals surface area contributed by atoms with Gasteiger partial charge >= 0.3 is 0 Å². The third-order valence-electron chi connectivity index (χ3n) is 1.22. The maximum Gasteiger partial charge on any atom is 0.265 e. The molecule has 0 saturated heterocycles. The minimum atomic E-state index is -4.29. The van der Waals surface area contributed by atoms with Crippen molar-refractivity contribution in [2.45, 2.75) is 0 Å². The first-order valence-corrected chi connectivity index (χ1v) is 10.1. The van der Waals surface area contributed by atoms with E-state index >= 15 is 0 Å². The zero-order valence-corrected chi connectivity index (χ0v) is 11.1. The van der Waals surface area contributed by atoms with Crippen molar-refractivity contribution in [2.24, 2.45) is 0 Å². The van der Waals surface area contributed by atoms with E-state index in [1.165, 1.54) is 0 Å². The van der Waals surface area contributed by atoms with Gasteiger partial charge in [-0.05, 0) is 0 Å². The van der Waals surface area contributed by atoms with Crippen LogP contribution in [-0.2, 0) is 39.9 Å². The molecule has 8 nitrogen and oxygen atoms in total. The summed E-state index contributed by atoms with van der Waals surface area (Å²) in [5.74, 6) is -2.76. The summed E-state index contributed by atoms with van der Waals surface area (Å²) >= 11 is 0. The molecule has 0 aromatic heterocycles. The average molecular weight is 314 g/mol. The molecule has 0 aromatic carbocycles. The Bertz CT molecular complexity index is 426. The van der Waals surface area contributed by atoms with E-state index in [4.69, 9.17) is 9.11 Å². The van der Waals surface area contributed by atoms with Crippen LogP contribution < -0.4 is 0 Å². The van der Waals surface area contributed by atoms with Gasteiger partial charge in [-0.25, -0.2) is 8.42 Å². The van der Waals surface area contributed by atoms with Crippen molar-refractivity contribution in [3.63, 3.8) is 0 Å². The summed E-state index contributed by atoms with van der Waals surface area (Å²) < 4.78 is 79.8. The van der Waals surface area contributed by atoms with Gasteiger partial charge in [-0.1, -0.05) is 0 Å². The summed E-state index contributed by atoms with van der Waals surface area (Å²) in [5.41, 5.74) is 0. The molecule has 0 fully saturated rings. The molecule has 2 N–H and O–H groups in total. The van der Waals surface area contributed by atoms with Gasteiger partial charge in [0.25, 0.3) is 20.2 Å². The van der Waals surface area contributed by atoms with Gasteiger partial charge in [0.2, 0.25) is 0 Å². The molecule has 12 heteroatoms. The molecular formula is C4H10O8S4. The molecule has 2 unspecified atom stereocenters. The molecule has 2 atom stereocenters. The van der Waals surface area contributed by atoms with Crippen LogP contribution in [0.4, 0.5) is 0 Å². The number of rotatable bonds is 7. The summed E-state index contributed by atoms with van der Waals surface area (Å²) in [6.45, 7) is 0. The Morgan fingerprint density at radius 2 is 1.00 bits per heavy atom. The highest BCUT2D eigenvalue weighted by Crippen LogP contribution is 1.97. The minimum Gasteiger partial charge on any atom is -0.286 e. The lowest BCUT2D eigenvalue weighted by molar-refractivity contribution is 0.482. The first-order chi connectivity index (χ1) is 7.01. The van der Waals surface area contributed by atoms with Crippen LogP contribution in [0.15, 0.2) is 0 Å². The molecule has 0 rings (SSSR count). The Balaban J connectivity index is 4.17. The molecule has 0 aromatic rings. The Morgan fingerprint density at radius 3 is 1.19 bits per heavy atom. The van der Waals surface area contributed by atoms with Crippen molar-refractivity contribution < 1.29 is 34.4 Å². The van der Waals surface area contributed by atoms with Crippen molar-refractivity contribution in [3.05, 3.63) is 0 Å². The van der Waals surface area contributed by atoms with Crippen LogP contribution in [-0.4, -0.2) is 57.4 Å². The van der Waals surface area contributed by atoms with Crippen LogP contribution in [0.2, 0.25) is 0 Å². The molecule has 98 valence electrons. The topological polar surface area (TPSA) is 143 Å². The number of hydrogen-bond acceptors (Lipinski definition) is 6. The van der Waals surface area contributed by atoms with Gasteiger partial charge in [-0.15, -0.1) is 0 Å². The van der Waals surface area contributed by atoms with E-state index < -0.39 is 62.9 Å². The van der Waals surface area contributed by atoms with Gasteiger partial charge in [-0.2, -0.15) is 16.8 Å². The van der Waals surface area contributed by atoms with Gasteiger partial charge in [0.15, 0.2) is 0 Å². The van der Waals surface area contributed by atoms with E-state index in [0.29, 0.717) is 0 Å². The third kappa shape index (κ3) is 9.35. The van der Waals surface area contributed by atoms with E-state index in [0.717, 1.165) is 0 Å². The zero-order valence-electron chi connectivity index (χ0n) is 7.81. The Labute approximate surface area is 97.2 Å². The van der Waals surface area contributed by atoms with E-state index in [1.807, 2.05) is 0 Å². The smallest absolute Gasteiger partial charge is 0.265 e. The normalized spacial score (nSPS) is 16.9. The molecule has 0 aliphatic heterocycles. The highest BCUT2D eigenvalue weighted by molar-refractivity contribution is 8.61. The van der Waals surface area contributed by atoms with Crippen LogP contribution in [0, 0.1) is 0 Å². The molecule has 0 radical (unpaired) electrons. The predicted molar refractivity (Wildman–Crippen MR) is 58.9 cm³/mol. The first kappa shape index (κ1) is 16.1. The zero-order chi connectivity index (χ0) is 13.0. The summed E-state index contributed by atoms with van der Waals surface area (Å²) in [4.78, 5) is 0. The fourth-order valence-electron chi connectivity index (χ4n) is 0.533. The van der Waals surface area contributed by atoms with Crippen molar-refractivity contribution in [1.29, 1.82) is 0 Å². The fourth-order valence-corrected chi connectivity index (χ4v) is 6.02. The van der Waals surface area contributed by atoms with E-state index in [9.17, 15) is 25.3 Å². The second kappa shape index (κ2) is 6.16. The van der Waals surface area contributed by atoms with Crippen molar-refractivity contribution >= 4 is 39.9 Å². The molecule has 0 aliphatic carbocycles. The summed E-state index contributed by atoms with van der Waals surface area (Å²) in [6, 6.07) is 0. The summed E-state index contributed by atoms with van der Waals surface area (Å²) in [7, 11) is -12.8. The van der Waals surface area contributed by atoms with Crippen molar-refractivity contribution in [2.75, 3.05) is 23.0 Å². The molecule has 0 bridgehead atoms. The first-order valence-electron chi connectivity index (χ1n) is 3.69.